The summed E-state index contributed by atoms with van der Waals surface area (Å²) in [5.74, 6) is -0.924. The fourth-order valence-corrected chi connectivity index (χ4v) is 2.34. The summed E-state index contributed by atoms with van der Waals surface area (Å²) in [6.45, 7) is 2.68. The first kappa shape index (κ1) is 14.7. The Morgan fingerprint density at radius 3 is 2.80 bits per heavy atom. The smallest absolute Gasteiger partial charge is 0.335 e. The molecule has 20 heavy (non-hydrogen) atoms. The van der Waals surface area contributed by atoms with Gasteiger partial charge in [0.25, 0.3) is 0 Å². The fraction of sp³-hybridized carbons (Fsp3) is 0.200. The van der Waals surface area contributed by atoms with Crippen molar-refractivity contribution in [2.45, 2.75) is 19.5 Å². The summed E-state index contributed by atoms with van der Waals surface area (Å²) in [6.07, 6.45) is 1.77. The predicted molar refractivity (Wildman–Crippen MR) is 80.6 cm³/mol. The van der Waals surface area contributed by atoms with Gasteiger partial charge in [-0.2, -0.15) is 0 Å². The number of aromatic nitrogens is 1. The topological polar surface area (TPSA) is 62.2 Å². The lowest BCUT2D eigenvalue weighted by molar-refractivity contribution is 0.0697. The zero-order valence-corrected chi connectivity index (χ0v) is 12.6. The number of hydrogen-bond acceptors (Lipinski definition) is 3. The van der Waals surface area contributed by atoms with Gasteiger partial charge in [0.1, 0.15) is 0 Å². The van der Waals surface area contributed by atoms with Gasteiger partial charge in [-0.1, -0.05) is 28.1 Å². The third kappa shape index (κ3) is 3.65. The lowest BCUT2D eigenvalue weighted by Crippen LogP contribution is -2.19. The molecule has 0 aliphatic carbocycles. The lowest BCUT2D eigenvalue weighted by atomic mass is 10.1. The van der Waals surface area contributed by atoms with Crippen molar-refractivity contribution >= 4 is 21.9 Å². The van der Waals surface area contributed by atoms with Crippen molar-refractivity contribution in [2.24, 2.45) is 0 Å². The molecule has 2 rings (SSSR count). The Morgan fingerprint density at radius 1 is 1.40 bits per heavy atom. The second-order valence-electron chi connectivity index (χ2n) is 4.47. The average molecular weight is 335 g/mol. The summed E-state index contributed by atoms with van der Waals surface area (Å²) >= 11 is 3.40. The Bertz CT molecular complexity index is 602. The van der Waals surface area contributed by atoms with Crippen LogP contribution in [0.3, 0.4) is 0 Å². The molecule has 2 aromatic rings. The number of nitrogens with one attached hydrogen (secondary N) is 1. The van der Waals surface area contributed by atoms with Gasteiger partial charge < -0.3 is 10.4 Å². The molecule has 2 N–H and O–H groups in total. The second-order valence-corrected chi connectivity index (χ2v) is 5.32. The number of carboxylic acids is 1. The van der Waals surface area contributed by atoms with E-state index in [4.69, 9.17) is 5.11 Å². The van der Waals surface area contributed by atoms with Crippen molar-refractivity contribution in [1.82, 2.24) is 10.3 Å². The van der Waals surface area contributed by atoms with Crippen LogP contribution in [0.2, 0.25) is 0 Å². The van der Waals surface area contributed by atoms with Gasteiger partial charge in [-0.05, 0) is 36.8 Å². The highest BCUT2D eigenvalue weighted by molar-refractivity contribution is 9.10. The summed E-state index contributed by atoms with van der Waals surface area (Å²) in [5, 5.41) is 12.3. The average Bonchev–Trinajstić information content (AvgIpc) is 2.46. The maximum atomic E-state index is 10.9. The SMILES string of the molecule is C[C@H](NCc1ccc(C(=O)O)cc1Br)c1ccccn1. The van der Waals surface area contributed by atoms with E-state index < -0.39 is 5.97 Å². The third-order valence-corrected chi connectivity index (χ3v) is 3.77. The summed E-state index contributed by atoms with van der Waals surface area (Å²) in [6, 6.07) is 11.0. The molecule has 0 bridgehead atoms. The van der Waals surface area contributed by atoms with Crippen molar-refractivity contribution in [3.63, 3.8) is 0 Å². The van der Waals surface area contributed by atoms with E-state index in [0.717, 1.165) is 15.7 Å². The molecule has 0 saturated heterocycles. The monoisotopic (exact) mass is 334 g/mol. The summed E-state index contributed by atoms with van der Waals surface area (Å²) in [4.78, 5) is 15.2. The number of hydrogen-bond donors (Lipinski definition) is 2. The summed E-state index contributed by atoms with van der Waals surface area (Å²) in [7, 11) is 0. The molecule has 0 aliphatic heterocycles. The minimum atomic E-state index is -0.924. The van der Waals surface area contributed by atoms with Crippen molar-refractivity contribution in [2.75, 3.05) is 0 Å². The molecule has 1 atom stereocenters. The van der Waals surface area contributed by atoms with E-state index in [1.54, 1.807) is 18.3 Å². The van der Waals surface area contributed by atoms with Crippen molar-refractivity contribution in [3.8, 4) is 0 Å². The van der Waals surface area contributed by atoms with Gasteiger partial charge in [-0.3, -0.25) is 4.98 Å². The van der Waals surface area contributed by atoms with E-state index in [2.05, 4.69) is 26.2 Å². The zero-order valence-electron chi connectivity index (χ0n) is 11.0. The number of benzene rings is 1. The molecule has 1 heterocycles. The number of carboxylic acid groups (broad SMARTS) is 1. The molecule has 0 unspecified atom stereocenters. The highest BCUT2D eigenvalue weighted by Crippen LogP contribution is 2.20. The van der Waals surface area contributed by atoms with Crippen LogP contribution >= 0.6 is 15.9 Å². The fourth-order valence-electron chi connectivity index (χ4n) is 1.82. The number of rotatable bonds is 5. The van der Waals surface area contributed by atoms with Crippen LogP contribution in [-0.4, -0.2) is 16.1 Å². The molecule has 0 fully saturated rings. The van der Waals surface area contributed by atoms with Gasteiger partial charge in [0.15, 0.2) is 0 Å². The number of pyridine rings is 1. The minimum Gasteiger partial charge on any atom is -0.478 e. The van der Waals surface area contributed by atoms with Crippen LogP contribution in [0.5, 0.6) is 0 Å². The quantitative estimate of drug-likeness (QED) is 0.879. The Labute approximate surface area is 126 Å². The van der Waals surface area contributed by atoms with E-state index in [1.165, 1.54) is 0 Å². The standard InChI is InChI=1S/C15H15BrN2O2/c1-10(14-4-2-3-7-17-14)18-9-12-6-5-11(15(19)20)8-13(12)16/h2-8,10,18H,9H2,1H3,(H,19,20)/t10-/m0/s1. The minimum absolute atomic E-state index is 0.127. The molecule has 0 spiro atoms. The summed E-state index contributed by atoms with van der Waals surface area (Å²) < 4.78 is 0.790. The van der Waals surface area contributed by atoms with Gasteiger partial charge in [-0.25, -0.2) is 4.79 Å². The van der Waals surface area contributed by atoms with Crippen LogP contribution < -0.4 is 5.32 Å². The van der Waals surface area contributed by atoms with Gasteiger partial charge in [-0.15, -0.1) is 0 Å². The van der Waals surface area contributed by atoms with E-state index in [1.807, 2.05) is 31.2 Å². The number of nitrogens with zero attached hydrogens (tertiary/aromatic N) is 1. The molecule has 4 nitrogen and oxygen atoms in total. The molecule has 104 valence electrons. The zero-order chi connectivity index (χ0) is 14.5. The number of carbonyl (C=O) groups is 1. The van der Waals surface area contributed by atoms with Crippen molar-refractivity contribution < 1.29 is 9.90 Å². The van der Waals surface area contributed by atoms with Crippen LogP contribution in [0.25, 0.3) is 0 Å². The molecular formula is C15H15BrN2O2. The van der Waals surface area contributed by atoms with Gasteiger partial charge in [0.2, 0.25) is 0 Å². The molecule has 0 amide bonds. The van der Waals surface area contributed by atoms with Crippen LogP contribution in [0, 0.1) is 0 Å². The molecule has 0 radical (unpaired) electrons. The van der Waals surface area contributed by atoms with Crippen LogP contribution in [-0.2, 0) is 6.54 Å². The first-order valence-corrected chi connectivity index (χ1v) is 7.03. The maximum absolute atomic E-state index is 10.9. The van der Waals surface area contributed by atoms with E-state index in [9.17, 15) is 4.79 Å². The highest BCUT2D eigenvalue weighted by Gasteiger charge is 2.09. The Kier molecular flexibility index (Phi) is 4.87. The van der Waals surface area contributed by atoms with Crippen LogP contribution in [0.1, 0.15) is 34.6 Å². The molecule has 1 aromatic heterocycles. The Morgan fingerprint density at radius 2 is 2.20 bits per heavy atom. The maximum Gasteiger partial charge on any atom is 0.335 e. The molecule has 0 aliphatic rings. The molecule has 5 heteroatoms. The molecular weight excluding hydrogens is 320 g/mol. The summed E-state index contributed by atoms with van der Waals surface area (Å²) in [5.41, 5.74) is 2.27. The van der Waals surface area contributed by atoms with Crippen molar-refractivity contribution in [3.05, 3.63) is 63.9 Å². The normalized spacial score (nSPS) is 12.1. The first-order chi connectivity index (χ1) is 9.58. The Hall–Kier alpha value is -1.72. The van der Waals surface area contributed by atoms with Gasteiger partial charge >= 0.3 is 5.97 Å². The Balaban J connectivity index is 2.02. The van der Waals surface area contributed by atoms with Crippen LogP contribution in [0.15, 0.2) is 47.1 Å². The first-order valence-electron chi connectivity index (χ1n) is 6.24. The highest BCUT2D eigenvalue weighted by atomic mass is 79.9. The second kappa shape index (κ2) is 6.63. The van der Waals surface area contributed by atoms with Gasteiger partial charge in [0, 0.05) is 23.3 Å². The molecule has 1 aromatic carbocycles. The number of halogens is 1. The largest absolute Gasteiger partial charge is 0.478 e. The molecule has 0 saturated carbocycles. The number of aromatic carboxylic acids is 1. The van der Waals surface area contributed by atoms with E-state index in [-0.39, 0.29) is 11.6 Å². The van der Waals surface area contributed by atoms with E-state index >= 15 is 0 Å². The third-order valence-electron chi connectivity index (χ3n) is 3.03. The van der Waals surface area contributed by atoms with Gasteiger partial charge in [0.05, 0.1) is 11.3 Å². The van der Waals surface area contributed by atoms with E-state index in [0.29, 0.717) is 6.54 Å². The predicted octanol–water partition coefficient (Wildman–Crippen LogP) is 3.39. The lowest BCUT2D eigenvalue weighted by Gasteiger charge is -2.14. The van der Waals surface area contributed by atoms with Crippen LogP contribution in [0.4, 0.5) is 0 Å². The van der Waals surface area contributed by atoms with Crippen molar-refractivity contribution in [1.29, 1.82) is 0 Å².